The van der Waals surface area contributed by atoms with Crippen LogP contribution >= 0.6 is 0 Å². The molecule has 0 rings (SSSR count). The van der Waals surface area contributed by atoms with Crippen LogP contribution in [0.5, 0.6) is 0 Å². The Labute approximate surface area is 76.3 Å². The van der Waals surface area contributed by atoms with E-state index in [0.717, 1.165) is 0 Å². The van der Waals surface area contributed by atoms with E-state index in [9.17, 15) is 8.42 Å². The van der Waals surface area contributed by atoms with Gasteiger partial charge >= 0.3 is 29.6 Å². The Morgan fingerprint density at radius 3 is 1.89 bits per heavy atom. The van der Waals surface area contributed by atoms with Crippen LogP contribution in [0.2, 0.25) is 0 Å². The van der Waals surface area contributed by atoms with Gasteiger partial charge in [0.05, 0.1) is 0 Å². The van der Waals surface area contributed by atoms with Crippen molar-refractivity contribution in [2.45, 2.75) is 18.8 Å². The Morgan fingerprint density at radius 1 is 1.56 bits per heavy atom. The van der Waals surface area contributed by atoms with Gasteiger partial charge in [-0.15, -0.1) is 0 Å². The Morgan fingerprint density at radius 2 is 1.89 bits per heavy atom. The molecule has 0 heterocycles. The predicted octanol–water partition coefficient (Wildman–Crippen LogP) is -1.05. The summed E-state index contributed by atoms with van der Waals surface area (Å²) in [7, 11) is -4.20. The van der Waals surface area contributed by atoms with Crippen molar-refractivity contribution in [1.82, 2.24) is 0 Å². The summed E-state index contributed by atoms with van der Waals surface area (Å²) in [5.74, 6) is 0. The number of hydrogen-bond donors (Lipinski definition) is 2. The third kappa shape index (κ3) is 5.32. The molecule has 0 aromatic rings. The number of aliphatic hydroxyl groups is 1. The molecule has 0 aromatic heterocycles. The summed E-state index contributed by atoms with van der Waals surface area (Å²) >= 11 is 0. The third-order valence-electron chi connectivity index (χ3n) is 0.693. The third-order valence-corrected chi connectivity index (χ3v) is 1.71. The average molecular weight is 164 g/mol. The van der Waals surface area contributed by atoms with Gasteiger partial charge in [-0.25, -0.2) is 0 Å². The van der Waals surface area contributed by atoms with E-state index in [-0.39, 0.29) is 36.0 Å². The SMILES string of the molecule is CCC(O)S(=O)(=O)O.[NaH]. The molecule has 0 saturated heterocycles. The van der Waals surface area contributed by atoms with Crippen molar-refractivity contribution in [2.24, 2.45) is 0 Å². The van der Waals surface area contributed by atoms with Crippen LogP contribution in [-0.4, -0.2) is 53.1 Å². The van der Waals surface area contributed by atoms with E-state index in [4.69, 9.17) is 9.66 Å². The first-order chi connectivity index (χ1) is 3.48. The van der Waals surface area contributed by atoms with Crippen LogP contribution < -0.4 is 0 Å². The minimum absolute atomic E-state index is 0. The molecular weight excluding hydrogens is 155 g/mol. The standard InChI is InChI=1S/C3H8O4S.Na.H/c1-2-3(4)8(5,6)7;;/h3-4H,2H2,1H3,(H,5,6,7);;. The van der Waals surface area contributed by atoms with E-state index in [1.165, 1.54) is 6.92 Å². The van der Waals surface area contributed by atoms with E-state index < -0.39 is 15.6 Å². The molecule has 0 aliphatic heterocycles. The van der Waals surface area contributed by atoms with Gasteiger partial charge in [-0.3, -0.25) is 4.55 Å². The van der Waals surface area contributed by atoms with Gasteiger partial charge in [-0.1, -0.05) is 6.92 Å². The minimum atomic E-state index is -4.20. The molecule has 4 nitrogen and oxygen atoms in total. The van der Waals surface area contributed by atoms with Crippen LogP contribution in [0.4, 0.5) is 0 Å². The first-order valence-corrected chi connectivity index (χ1v) is 3.63. The van der Waals surface area contributed by atoms with E-state index in [0.29, 0.717) is 0 Å². The molecule has 9 heavy (non-hydrogen) atoms. The van der Waals surface area contributed by atoms with Crippen molar-refractivity contribution >= 4 is 39.7 Å². The second kappa shape index (κ2) is 4.65. The van der Waals surface area contributed by atoms with Crippen LogP contribution in [0.25, 0.3) is 0 Å². The Bertz CT molecular complexity index is 151. The second-order valence-corrected chi connectivity index (χ2v) is 2.95. The quantitative estimate of drug-likeness (QED) is 0.403. The van der Waals surface area contributed by atoms with Gasteiger partial charge in [0.25, 0.3) is 10.1 Å². The van der Waals surface area contributed by atoms with Crippen LogP contribution in [0.15, 0.2) is 0 Å². The molecule has 1 atom stereocenters. The fourth-order valence-corrected chi connectivity index (χ4v) is 0.632. The summed E-state index contributed by atoms with van der Waals surface area (Å²) in [6, 6.07) is 0. The van der Waals surface area contributed by atoms with E-state index in [1.54, 1.807) is 0 Å². The zero-order chi connectivity index (χ0) is 6.78. The summed E-state index contributed by atoms with van der Waals surface area (Å²) in [6.45, 7) is 1.46. The van der Waals surface area contributed by atoms with Crippen molar-refractivity contribution in [3.8, 4) is 0 Å². The van der Waals surface area contributed by atoms with Crippen molar-refractivity contribution < 1.29 is 18.1 Å². The maximum absolute atomic E-state index is 9.87. The topological polar surface area (TPSA) is 74.6 Å². The molecule has 1 unspecified atom stereocenters. The molecule has 6 heteroatoms. The number of hydrogen-bond acceptors (Lipinski definition) is 3. The molecule has 0 radical (unpaired) electrons. The van der Waals surface area contributed by atoms with Crippen molar-refractivity contribution in [3.63, 3.8) is 0 Å². The molecule has 52 valence electrons. The second-order valence-electron chi connectivity index (χ2n) is 1.38. The van der Waals surface area contributed by atoms with Gasteiger partial charge in [-0.05, 0) is 6.42 Å². The molecule has 0 aromatic carbocycles. The molecule has 0 fully saturated rings. The van der Waals surface area contributed by atoms with Crippen LogP contribution in [0.1, 0.15) is 13.3 Å². The van der Waals surface area contributed by atoms with Crippen molar-refractivity contribution in [1.29, 1.82) is 0 Å². The number of rotatable bonds is 2. The molecule has 0 aliphatic rings. The van der Waals surface area contributed by atoms with E-state index in [1.807, 2.05) is 0 Å². The van der Waals surface area contributed by atoms with Crippen LogP contribution in [0.3, 0.4) is 0 Å². The molecule has 0 bridgehead atoms. The first-order valence-electron chi connectivity index (χ1n) is 2.13. The van der Waals surface area contributed by atoms with Gasteiger partial charge < -0.3 is 5.11 Å². The Balaban J connectivity index is 0. The number of aliphatic hydroxyl groups excluding tert-OH is 1. The van der Waals surface area contributed by atoms with Gasteiger partial charge in [0.15, 0.2) is 5.44 Å². The van der Waals surface area contributed by atoms with E-state index >= 15 is 0 Å². The summed E-state index contributed by atoms with van der Waals surface area (Å²) in [4.78, 5) is 0. The summed E-state index contributed by atoms with van der Waals surface area (Å²) < 4.78 is 27.7. The summed E-state index contributed by atoms with van der Waals surface area (Å²) in [5, 5.41) is 8.36. The monoisotopic (exact) mass is 164 g/mol. The fraction of sp³-hybridized carbons (Fsp3) is 1.00. The molecule has 0 aliphatic carbocycles. The predicted molar refractivity (Wildman–Crippen MR) is 35.0 cm³/mol. The van der Waals surface area contributed by atoms with Gasteiger partial charge in [0.2, 0.25) is 0 Å². The average Bonchev–Trinajstić information content (AvgIpc) is 1.62. The van der Waals surface area contributed by atoms with Gasteiger partial charge in [0, 0.05) is 0 Å². The molecule has 0 spiro atoms. The summed E-state index contributed by atoms with van der Waals surface area (Å²) in [6.07, 6.45) is 0.0127. The Kier molecular flexibility index (Phi) is 6.48. The van der Waals surface area contributed by atoms with Crippen molar-refractivity contribution in [3.05, 3.63) is 0 Å². The zero-order valence-electron chi connectivity index (χ0n) is 4.40. The zero-order valence-corrected chi connectivity index (χ0v) is 5.22. The Hall–Kier alpha value is 0.870. The van der Waals surface area contributed by atoms with E-state index in [2.05, 4.69) is 0 Å². The van der Waals surface area contributed by atoms with Crippen molar-refractivity contribution in [2.75, 3.05) is 0 Å². The van der Waals surface area contributed by atoms with Crippen LogP contribution in [-0.2, 0) is 10.1 Å². The first kappa shape index (κ1) is 12.5. The van der Waals surface area contributed by atoms with Crippen LogP contribution in [0, 0.1) is 0 Å². The maximum atomic E-state index is 9.87. The molecule has 0 saturated carbocycles. The normalized spacial score (nSPS) is 14.1. The molecular formula is C3H9NaO4S. The van der Waals surface area contributed by atoms with Gasteiger partial charge in [0.1, 0.15) is 0 Å². The van der Waals surface area contributed by atoms with Gasteiger partial charge in [-0.2, -0.15) is 8.42 Å². The molecule has 2 N–H and O–H groups in total. The fourth-order valence-electron chi connectivity index (χ4n) is 0.211. The molecule has 0 amide bonds. The summed E-state index contributed by atoms with van der Waals surface area (Å²) in [5.41, 5.74) is -1.62.